The Morgan fingerprint density at radius 2 is 1.59 bits per heavy atom. The lowest BCUT2D eigenvalue weighted by Gasteiger charge is -2.11. The third-order valence-corrected chi connectivity index (χ3v) is 2.65. The Hall–Kier alpha value is -2.48. The van der Waals surface area contributed by atoms with Crippen LogP contribution in [0.25, 0.3) is 0 Å². The zero-order valence-corrected chi connectivity index (χ0v) is 12.7. The average molecular weight is 311 g/mol. The molecule has 0 aliphatic heterocycles. The molecular weight excluding hydrogens is 290 g/mol. The molecule has 0 saturated carbocycles. The third kappa shape index (κ3) is 6.31. The molecule has 0 unspecified atom stereocenters. The maximum Gasteiger partial charge on any atom is 0.239 e. The molecule has 2 amide bonds. The number of hydrogen-bond acceptors (Lipinski definition) is 6. The van der Waals surface area contributed by atoms with Crippen LogP contribution in [0.4, 0.5) is 0 Å². The fourth-order valence-corrected chi connectivity index (χ4v) is 1.54. The summed E-state index contributed by atoms with van der Waals surface area (Å²) in [7, 11) is 3.10. The predicted octanol–water partition coefficient (Wildman–Crippen LogP) is -0.726. The second kappa shape index (κ2) is 9.46. The monoisotopic (exact) mass is 311 g/mol. The minimum atomic E-state index is -0.380. The van der Waals surface area contributed by atoms with E-state index in [4.69, 9.17) is 19.9 Å². The molecule has 0 radical (unpaired) electrons. The normalized spacial score (nSPS) is 9.77. The van der Waals surface area contributed by atoms with Crippen LogP contribution < -0.4 is 30.6 Å². The van der Waals surface area contributed by atoms with Crippen molar-refractivity contribution < 1.29 is 23.8 Å². The first-order valence-corrected chi connectivity index (χ1v) is 6.68. The van der Waals surface area contributed by atoms with Crippen LogP contribution in [0.2, 0.25) is 0 Å². The summed E-state index contributed by atoms with van der Waals surface area (Å²) >= 11 is 0. The van der Waals surface area contributed by atoms with Crippen LogP contribution in [0.15, 0.2) is 18.2 Å². The fraction of sp³-hybridized carbons (Fsp3) is 0.429. The summed E-state index contributed by atoms with van der Waals surface area (Å²) in [5.74, 6) is 1.11. The number of carbonyl (C=O) groups is 2. The Balaban J connectivity index is 2.32. The van der Waals surface area contributed by atoms with Gasteiger partial charge in [0.15, 0.2) is 0 Å². The van der Waals surface area contributed by atoms with Gasteiger partial charge < -0.3 is 30.6 Å². The van der Waals surface area contributed by atoms with E-state index in [1.807, 2.05) is 0 Å². The highest BCUT2D eigenvalue weighted by atomic mass is 16.5. The van der Waals surface area contributed by atoms with E-state index in [-0.39, 0.29) is 31.5 Å². The molecule has 1 aromatic carbocycles. The van der Waals surface area contributed by atoms with Gasteiger partial charge in [-0.3, -0.25) is 9.59 Å². The SMILES string of the molecule is COc1cc(OC)cc(OCCNC(=O)CNC(=O)CN)c1. The van der Waals surface area contributed by atoms with Gasteiger partial charge in [0, 0.05) is 18.2 Å². The molecule has 0 atom stereocenters. The van der Waals surface area contributed by atoms with Crippen molar-refractivity contribution in [3.05, 3.63) is 18.2 Å². The minimum absolute atomic E-state index is 0.108. The van der Waals surface area contributed by atoms with Crippen molar-refractivity contribution in [2.24, 2.45) is 5.73 Å². The van der Waals surface area contributed by atoms with Gasteiger partial charge in [-0.25, -0.2) is 0 Å². The topological polar surface area (TPSA) is 112 Å². The largest absolute Gasteiger partial charge is 0.496 e. The Labute approximate surface area is 128 Å². The first-order valence-electron chi connectivity index (χ1n) is 6.68. The maximum absolute atomic E-state index is 11.4. The second-order valence-electron chi connectivity index (χ2n) is 4.23. The highest BCUT2D eigenvalue weighted by Gasteiger charge is 2.05. The summed E-state index contributed by atoms with van der Waals surface area (Å²) < 4.78 is 15.8. The quantitative estimate of drug-likeness (QED) is 0.519. The summed E-state index contributed by atoms with van der Waals surface area (Å²) in [6.45, 7) is 0.320. The average Bonchev–Trinajstić information content (AvgIpc) is 2.55. The van der Waals surface area contributed by atoms with Crippen molar-refractivity contribution in [3.63, 3.8) is 0 Å². The lowest BCUT2D eigenvalue weighted by atomic mass is 10.3. The van der Waals surface area contributed by atoms with Crippen molar-refractivity contribution in [2.45, 2.75) is 0 Å². The molecule has 0 aromatic heterocycles. The van der Waals surface area contributed by atoms with Gasteiger partial charge in [0.1, 0.15) is 23.9 Å². The van der Waals surface area contributed by atoms with Crippen molar-refractivity contribution >= 4 is 11.8 Å². The first kappa shape index (κ1) is 17.6. The summed E-state index contributed by atoms with van der Waals surface area (Å²) in [6.07, 6.45) is 0. The number of hydrogen-bond donors (Lipinski definition) is 3. The van der Waals surface area contributed by atoms with Gasteiger partial charge in [-0.15, -0.1) is 0 Å². The molecule has 8 nitrogen and oxygen atoms in total. The molecule has 0 aliphatic carbocycles. The van der Waals surface area contributed by atoms with Gasteiger partial charge in [-0.1, -0.05) is 0 Å². The Morgan fingerprint density at radius 3 is 2.14 bits per heavy atom. The molecule has 0 spiro atoms. The minimum Gasteiger partial charge on any atom is -0.496 e. The van der Waals surface area contributed by atoms with Crippen molar-refractivity contribution in [2.75, 3.05) is 40.5 Å². The number of ether oxygens (including phenoxy) is 3. The zero-order valence-electron chi connectivity index (χ0n) is 12.7. The molecule has 8 heteroatoms. The smallest absolute Gasteiger partial charge is 0.239 e. The van der Waals surface area contributed by atoms with Gasteiger partial charge in [0.2, 0.25) is 11.8 Å². The van der Waals surface area contributed by atoms with Crippen LogP contribution in [0.1, 0.15) is 0 Å². The van der Waals surface area contributed by atoms with Gasteiger partial charge in [-0.2, -0.15) is 0 Å². The molecule has 0 saturated heterocycles. The van der Waals surface area contributed by atoms with Gasteiger partial charge in [0.25, 0.3) is 0 Å². The number of nitrogens with one attached hydrogen (secondary N) is 2. The third-order valence-electron chi connectivity index (χ3n) is 2.65. The van der Waals surface area contributed by atoms with E-state index in [0.29, 0.717) is 23.8 Å². The van der Waals surface area contributed by atoms with Gasteiger partial charge >= 0.3 is 0 Å². The molecule has 4 N–H and O–H groups in total. The van der Waals surface area contributed by atoms with Crippen LogP contribution >= 0.6 is 0 Å². The second-order valence-corrected chi connectivity index (χ2v) is 4.23. The van der Waals surface area contributed by atoms with Crippen LogP contribution in [0, 0.1) is 0 Å². The van der Waals surface area contributed by atoms with E-state index in [2.05, 4.69) is 10.6 Å². The van der Waals surface area contributed by atoms with Crippen LogP contribution in [0.3, 0.4) is 0 Å². The lowest BCUT2D eigenvalue weighted by molar-refractivity contribution is -0.125. The van der Waals surface area contributed by atoms with E-state index in [0.717, 1.165) is 0 Å². The Kier molecular flexibility index (Phi) is 7.55. The molecule has 1 aromatic rings. The van der Waals surface area contributed by atoms with E-state index >= 15 is 0 Å². The summed E-state index contributed by atoms with van der Waals surface area (Å²) in [5.41, 5.74) is 5.11. The number of benzene rings is 1. The van der Waals surface area contributed by atoms with Crippen molar-refractivity contribution in [3.8, 4) is 17.2 Å². The molecule has 0 fully saturated rings. The first-order chi connectivity index (χ1) is 10.6. The molecule has 0 bridgehead atoms. The fourth-order valence-electron chi connectivity index (χ4n) is 1.54. The number of amides is 2. The predicted molar refractivity (Wildman–Crippen MR) is 80.1 cm³/mol. The van der Waals surface area contributed by atoms with E-state index in [1.54, 1.807) is 32.4 Å². The molecule has 122 valence electrons. The summed E-state index contributed by atoms with van der Waals surface area (Å²) in [4.78, 5) is 22.3. The molecule has 1 rings (SSSR count). The zero-order chi connectivity index (χ0) is 16.4. The summed E-state index contributed by atoms with van der Waals surface area (Å²) in [5, 5.41) is 4.98. The number of rotatable bonds is 9. The Morgan fingerprint density at radius 1 is 1.00 bits per heavy atom. The molecule has 0 aliphatic rings. The molecular formula is C14H21N3O5. The van der Waals surface area contributed by atoms with Gasteiger partial charge in [-0.05, 0) is 0 Å². The van der Waals surface area contributed by atoms with E-state index in [9.17, 15) is 9.59 Å². The van der Waals surface area contributed by atoms with Crippen LogP contribution in [-0.4, -0.2) is 52.3 Å². The lowest BCUT2D eigenvalue weighted by Crippen LogP contribution is -2.40. The Bertz CT molecular complexity index is 485. The molecule has 0 heterocycles. The van der Waals surface area contributed by atoms with Gasteiger partial charge in [0.05, 0.1) is 33.9 Å². The van der Waals surface area contributed by atoms with E-state index in [1.165, 1.54) is 0 Å². The summed E-state index contributed by atoms with van der Waals surface area (Å²) in [6, 6.07) is 5.16. The number of carbonyl (C=O) groups excluding carboxylic acids is 2. The van der Waals surface area contributed by atoms with Crippen LogP contribution in [0.5, 0.6) is 17.2 Å². The van der Waals surface area contributed by atoms with E-state index < -0.39 is 0 Å². The maximum atomic E-state index is 11.4. The van der Waals surface area contributed by atoms with Crippen molar-refractivity contribution in [1.82, 2.24) is 10.6 Å². The highest BCUT2D eigenvalue weighted by Crippen LogP contribution is 2.27. The standard InChI is InChI=1S/C14H21N3O5/c1-20-10-5-11(21-2)7-12(6-10)22-4-3-16-14(19)9-17-13(18)8-15/h5-7H,3-4,8-9,15H2,1-2H3,(H,16,19)(H,17,18). The highest BCUT2D eigenvalue weighted by molar-refractivity contribution is 5.85. The number of nitrogens with two attached hydrogens (primary N) is 1. The van der Waals surface area contributed by atoms with Crippen molar-refractivity contribution in [1.29, 1.82) is 0 Å². The number of methoxy groups -OCH3 is 2. The molecule has 22 heavy (non-hydrogen) atoms. The van der Waals surface area contributed by atoms with Crippen LogP contribution in [-0.2, 0) is 9.59 Å².